The average Bonchev–Trinajstić information content (AvgIpc) is 2.29. The number of urea groups is 1. The minimum absolute atomic E-state index is 0.0990. The predicted octanol–water partition coefficient (Wildman–Crippen LogP) is 3.10. The van der Waals surface area contributed by atoms with Gasteiger partial charge in [-0.25, -0.2) is 4.79 Å². The van der Waals surface area contributed by atoms with Gasteiger partial charge in [0.05, 0.1) is 6.42 Å². The molecule has 0 bridgehead atoms. The summed E-state index contributed by atoms with van der Waals surface area (Å²) in [6, 6.07) is 5.07. The molecule has 0 aliphatic heterocycles. The molecule has 5 heteroatoms. The monoisotopic (exact) mass is 278 g/mol. The van der Waals surface area contributed by atoms with Crippen LogP contribution in [0.1, 0.15) is 44.2 Å². The molecule has 1 aromatic rings. The van der Waals surface area contributed by atoms with E-state index in [0.29, 0.717) is 5.92 Å². The molecule has 20 heavy (non-hydrogen) atoms. The Hall–Kier alpha value is -2.04. The number of carboxylic acid groups (broad SMARTS) is 1. The van der Waals surface area contributed by atoms with Crippen LogP contribution in [-0.2, 0) is 4.79 Å². The standard InChI is InChI=1S/C15H22N2O3/c1-9(2)12-7-5-6-10(3)14(12)17-15(20)16-11(4)8-13(18)19/h5-7,9,11H,8H2,1-4H3,(H,18,19)(H2,16,17,20). The van der Waals surface area contributed by atoms with Crippen LogP contribution in [-0.4, -0.2) is 23.1 Å². The zero-order valence-corrected chi connectivity index (χ0v) is 12.4. The molecule has 0 aromatic heterocycles. The third-order valence-electron chi connectivity index (χ3n) is 3.02. The molecule has 1 aromatic carbocycles. The molecule has 0 radical (unpaired) electrons. The first-order valence-electron chi connectivity index (χ1n) is 6.70. The van der Waals surface area contributed by atoms with Gasteiger partial charge in [0, 0.05) is 11.7 Å². The quantitative estimate of drug-likeness (QED) is 0.774. The van der Waals surface area contributed by atoms with E-state index in [1.165, 1.54) is 0 Å². The second kappa shape index (κ2) is 6.93. The van der Waals surface area contributed by atoms with Crippen molar-refractivity contribution in [2.24, 2.45) is 0 Å². The Morgan fingerprint density at radius 3 is 2.45 bits per heavy atom. The molecule has 0 heterocycles. The Labute approximate surface area is 119 Å². The molecule has 0 aliphatic rings. The topological polar surface area (TPSA) is 78.4 Å². The Morgan fingerprint density at radius 2 is 1.90 bits per heavy atom. The number of nitrogens with one attached hydrogen (secondary N) is 2. The van der Waals surface area contributed by atoms with Gasteiger partial charge >= 0.3 is 12.0 Å². The molecular weight excluding hydrogens is 256 g/mol. The number of hydrogen-bond acceptors (Lipinski definition) is 2. The van der Waals surface area contributed by atoms with Crippen LogP contribution in [0.5, 0.6) is 0 Å². The summed E-state index contributed by atoms with van der Waals surface area (Å²) in [6.45, 7) is 7.72. The summed E-state index contributed by atoms with van der Waals surface area (Å²) in [5, 5.41) is 14.1. The lowest BCUT2D eigenvalue weighted by atomic mass is 9.98. The van der Waals surface area contributed by atoms with Gasteiger partial charge in [0.25, 0.3) is 0 Å². The lowest BCUT2D eigenvalue weighted by molar-refractivity contribution is -0.137. The molecule has 2 amide bonds. The maximum Gasteiger partial charge on any atom is 0.319 e. The van der Waals surface area contributed by atoms with Crippen molar-refractivity contribution in [2.45, 2.75) is 46.1 Å². The molecule has 1 rings (SSSR count). The van der Waals surface area contributed by atoms with Crippen molar-refractivity contribution in [3.8, 4) is 0 Å². The van der Waals surface area contributed by atoms with Gasteiger partial charge in [0.15, 0.2) is 0 Å². The lowest BCUT2D eigenvalue weighted by Crippen LogP contribution is -2.37. The van der Waals surface area contributed by atoms with Crippen molar-refractivity contribution < 1.29 is 14.7 Å². The van der Waals surface area contributed by atoms with Crippen LogP contribution in [0.15, 0.2) is 18.2 Å². The number of carboxylic acids is 1. The number of rotatable bonds is 5. The van der Waals surface area contributed by atoms with E-state index < -0.39 is 12.0 Å². The first-order chi connectivity index (χ1) is 9.31. The highest BCUT2D eigenvalue weighted by molar-refractivity contribution is 5.91. The van der Waals surface area contributed by atoms with E-state index in [2.05, 4.69) is 24.5 Å². The largest absolute Gasteiger partial charge is 0.481 e. The van der Waals surface area contributed by atoms with Crippen molar-refractivity contribution in [3.05, 3.63) is 29.3 Å². The first kappa shape index (κ1) is 16.0. The number of para-hydroxylation sites is 1. The Bertz CT molecular complexity index is 498. The normalized spacial score (nSPS) is 12.1. The fourth-order valence-electron chi connectivity index (χ4n) is 2.03. The molecule has 0 saturated heterocycles. The summed E-state index contributed by atoms with van der Waals surface area (Å²) in [4.78, 5) is 22.5. The van der Waals surface area contributed by atoms with E-state index in [1.54, 1.807) is 6.92 Å². The number of carbonyl (C=O) groups excluding carboxylic acids is 1. The minimum atomic E-state index is -0.934. The van der Waals surface area contributed by atoms with E-state index in [4.69, 9.17) is 5.11 Å². The zero-order chi connectivity index (χ0) is 15.3. The van der Waals surface area contributed by atoms with Gasteiger partial charge in [-0.1, -0.05) is 32.0 Å². The first-order valence-corrected chi connectivity index (χ1v) is 6.70. The zero-order valence-electron chi connectivity index (χ0n) is 12.4. The van der Waals surface area contributed by atoms with Crippen LogP contribution in [0, 0.1) is 6.92 Å². The minimum Gasteiger partial charge on any atom is -0.481 e. The van der Waals surface area contributed by atoms with Crippen molar-refractivity contribution in [3.63, 3.8) is 0 Å². The van der Waals surface area contributed by atoms with E-state index in [9.17, 15) is 9.59 Å². The van der Waals surface area contributed by atoms with Crippen molar-refractivity contribution in [2.75, 3.05) is 5.32 Å². The van der Waals surface area contributed by atoms with E-state index in [0.717, 1.165) is 16.8 Å². The number of benzene rings is 1. The van der Waals surface area contributed by atoms with E-state index in [1.807, 2.05) is 25.1 Å². The molecule has 0 aliphatic carbocycles. The van der Waals surface area contributed by atoms with Crippen LogP contribution < -0.4 is 10.6 Å². The van der Waals surface area contributed by atoms with Crippen molar-refractivity contribution in [1.29, 1.82) is 0 Å². The Balaban J connectivity index is 2.78. The lowest BCUT2D eigenvalue weighted by Gasteiger charge is -2.18. The molecular formula is C15H22N2O3. The smallest absolute Gasteiger partial charge is 0.319 e. The summed E-state index contributed by atoms with van der Waals surface area (Å²) in [5.74, 6) is -0.641. The van der Waals surface area contributed by atoms with Crippen LogP contribution in [0.25, 0.3) is 0 Å². The highest BCUT2D eigenvalue weighted by Crippen LogP contribution is 2.27. The van der Waals surface area contributed by atoms with Crippen LogP contribution >= 0.6 is 0 Å². The number of anilines is 1. The molecule has 5 nitrogen and oxygen atoms in total. The van der Waals surface area contributed by atoms with Gasteiger partial charge in [-0.05, 0) is 30.9 Å². The summed E-state index contributed by atoms with van der Waals surface area (Å²) in [6.07, 6.45) is -0.0990. The SMILES string of the molecule is Cc1cccc(C(C)C)c1NC(=O)NC(C)CC(=O)O. The number of carbonyl (C=O) groups is 2. The Morgan fingerprint density at radius 1 is 1.25 bits per heavy atom. The predicted molar refractivity (Wildman–Crippen MR) is 79.1 cm³/mol. The van der Waals surface area contributed by atoms with E-state index in [-0.39, 0.29) is 12.5 Å². The van der Waals surface area contributed by atoms with E-state index >= 15 is 0 Å². The van der Waals surface area contributed by atoms with Gasteiger partial charge in [0.1, 0.15) is 0 Å². The van der Waals surface area contributed by atoms with Crippen LogP contribution in [0.2, 0.25) is 0 Å². The third-order valence-corrected chi connectivity index (χ3v) is 3.02. The molecule has 1 unspecified atom stereocenters. The molecule has 0 spiro atoms. The van der Waals surface area contributed by atoms with Gasteiger partial charge in [-0.3, -0.25) is 4.79 Å². The number of amides is 2. The summed E-state index contributed by atoms with van der Waals surface area (Å²) in [5.41, 5.74) is 2.84. The molecule has 110 valence electrons. The number of aryl methyl sites for hydroxylation is 1. The van der Waals surface area contributed by atoms with Crippen molar-refractivity contribution in [1.82, 2.24) is 5.32 Å². The molecule has 1 atom stereocenters. The van der Waals surface area contributed by atoms with Crippen LogP contribution in [0.3, 0.4) is 0 Å². The number of aliphatic carboxylic acids is 1. The molecule has 0 saturated carbocycles. The second-order valence-corrected chi connectivity index (χ2v) is 5.29. The van der Waals surface area contributed by atoms with Crippen LogP contribution in [0.4, 0.5) is 10.5 Å². The highest BCUT2D eigenvalue weighted by Gasteiger charge is 2.14. The fourth-order valence-corrected chi connectivity index (χ4v) is 2.03. The van der Waals surface area contributed by atoms with Gasteiger partial charge < -0.3 is 15.7 Å². The van der Waals surface area contributed by atoms with Gasteiger partial charge in [-0.15, -0.1) is 0 Å². The molecule has 3 N–H and O–H groups in total. The summed E-state index contributed by atoms with van der Waals surface area (Å²) < 4.78 is 0. The second-order valence-electron chi connectivity index (χ2n) is 5.29. The summed E-state index contributed by atoms with van der Waals surface area (Å²) >= 11 is 0. The summed E-state index contributed by atoms with van der Waals surface area (Å²) in [7, 11) is 0. The number of hydrogen-bond donors (Lipinski definition) is 3. The maximum absolute atomic E-state index is 11.9. The highest BCUT2D eigenvalue weighted by atomic mass is 16.4. The average molecular weight is 278 g/mol. The maximum atomic E-state index is 11.9. The van der Waals surface area contributed by atoms with Gasteiger partial charge in [0.2, 0.25) is 0 Å². The third kappa shape index (κ3) is 4.57. The molecule has 0 fully saturated rings. The van der Waals surface area contributed by atoms with Crippen molar-refractivity contribution >= 4 is 17.7 Å². The Kier molecular flexibility index (Phi) is 5.55. The fraction of sp³-hybridized carbons (Fsp3) is 0.467. The van der Waals surface area contributed by atoms with Gasteiger partial charge in [-0.2, -0.15) is 0 Å².